The highest BCUT2D eigenvalue weighted by molar-refractivity contribution is 6.86. The molecule has 2 rings (SSSR count). The lowest BCUT2D eigenvalue weighted by molar-refractivity contribution is 0.669. The third-order valence-electron chi connectivity index (χ3n) is 4.60. The van der Waals surface area contributed by atoms with E-state index in [0.29, 0.717) is 0 Å². The molecular formula is C13H22Si. The average molecular weight is 206 g/mol. The first kappa shape index (κ1) is 10.2. The summed E-state index contributed by atoms with van der Waals surface area (Å²) < 4.78 is 0. The van der Waals surface area contributed by atoms with Crippen molar-refractivity contribution in [3.63, 3.8) is 0 Å². The van der Waals surface area contributed by atoms with Gasteiger partial charge in [-0.2, -0.15) is 0 Å². The Morgan fingerprint density at radius 1 is 1.29 bits per heavy atom. The standard InChI is InChI=1S/C13H22Si/c1-10-11(2)14(3,4)13-9-7-5-6-8-12(10)13/h6,8,10-11H,5,7,9H2,1-4H3. The van der Waals surface area contributed by atoms with Crippen molar-refractivity contribution >= 4 is 8.07 Å². The molecule has 0 amide bonds. The van der Waals surface area contributed by atoms with E-state index in [1.807, 2.05) is 5.20 Å². The molecule has 0 aromatic heterocycles. The van der Waals surface area contributed by atoms with Crippen LogP contribution >= 0.6 is 0 Å². The predicted octanol–water partition coefficient (Wildman–Crippen LogP) is 4.31. The van der Waals surface area contributed by atoms with Crippen LogP contribution in [0.25, 0.3) is 0 Å². The van der Waals surface area contributed by atoms with E-state index in [1.54, 1.807) is 5.57 Å². The Kier molecular flexibility index (Phi) is 2.46. The maximum Gasteiger partial charge on any atom is 0.0792 e. The molecule has 14 heavy (non-hydrogen) atoms. The largest absolute Gasteiger partial charge is 0.0843 e. The smallest absolute Gasteiger partial charge is 0.0792 e. The van der Waals surface area contributed by atoms with Crippen molar-refractivity contribution in [2.24, 2.45) is 5.92 Å². The fourth-order valence-electron chi connectivity index (χ4n) is 3.14. The van der Waals surface area contributed by atoms with Gasteiger partial charge in [0, 0.05) is 0 Å². The number of allylic oxidation sites excluding steroid dienone is 4. The van der Waals surface area contributed by atoms with Crippen molar-refractivity contribution in [3.8, 4) is 0 Å². The second-order valence-electron chi connectivity index (χ2n) is 5.53. The van der Waals surface area contributed by atoms with E-state index >= 15 is 0 Å². The van der Waals surface area contributed by atoms with Crippen LogP contribution in [0.1, 0.15) is 33.1 Å². The number of rotatable bonds is 0. The van der Waals surface area contributed by atoms with E-state index in [1.165, 1.54) is 19.3 Å². The first-order valence-corrected chi connectivity index (χ1v) is 9.03. The zero-order valence-corrected chi connectivity index (χ0v) is 10.9. The lowest BCUT2D eigenvalue weighted by Crippen LogP contribution is -2.31. The van der Waals surface area contributed by atoms with E-state index < -0.39 is 8.07 Å². The van der Waals surface area contributed by atoms with Gasteiger partial charge in [0.15, 0.2) is 0 Å². The van der Waals surface area contributed by atoms with Crippen molar-refractivity contribution in [2.45, 2.75) is 51.7 Å². The second kappa shape index (κ2) is 3.37. The van der Waals surface area contributed by atoms with Crippen molar-refractivity contribution in [3.05, 3.63) is 22.9 Å². The molecular weight excluding hydrogens is 184 g/mol. The molecule has 78 valence electrons. The van der Waals surface area contributed by atoms with Gasteiger partial charge in [0.2, 0.25) is 0 Å². The summed E-state index contributed by atoms with van der Waals surface area (Å²) >= 11 is 0. The Balaban J connectivity index is 2.44. The maximum absolute atomic E-state index is 2.57. The quantitative estimate of drug-likeness (QED) is 0.518. The minimum Gasteiger partial charge on any atom is -0.0843 e. The molecule has 0 spiro atoms. The summed E-state index contributed by atoms with van der Waals surface area (Å²) in [5.41, 5.74) is 2.65. The summed E-state index contributed by atoms with van der Waals surface area (Å²) in [6.07, 6.45) is 8.88. The maximum atomic E-state index is 2.57. The molecule has 1 heteroatoms. The van der Waals surface area contributed by atoms with Gasteiger partial charge in [-0.1, -0.05) is 49.9 Å². The van der Waals surface area contributed by atoms with Gasteiger partial charge in [-0.25, -0.2) is 0 Å². The fourth-order valence-corrected chi connectivity index (χ4v) is 7.00. The van der Waals surface area contributed by atoms with E-state index in [-0.39, 0.29) is 0 Å². The molecule has 0 saturated carbocycles. The monoisotopic (exact) mass is 206 g/mol. The molecule has 1 aliphatic carbocycles. The molecule has 2 aliphatic rings. The van der Waals surface area contributed by atoms with Gasteiger partial charge in [-0.3, -0.25) is 0 Å². The normalized spacial score (nSPS) is 35.7. The first-order valence-electron chi connectivity index (χ1n) is 5.95. The van der Waals surface area contributed by atoms with Gasteiger partial charge in [-0.15, -0.1) is 0 Å². The van der Waals surface area contributed by atoms with Crippen LogP contribution in [-0.2, 0) is 0 Å². The summed E-state index contributed by atoms with van der Waals surface area (Å²) in [4.78, 5) is 0. The highest BCUT2D eigenvalue weighted by Gasteiger charge is 2.43. The van der Waals surface area contributed by atoms with Crippen molar-refractivity contribution < 1.29 is 0 Å². The molecule has 2 atom stereocenters. The highest BCUT2D eigenvalue weighted by atomic mass is 28.3. The number of hydrogen-bond donors (Lipinski definition) is 0. The van der Waals surface area contributed by atoms with Crippen LogP contribution in [0.3, 0.4) is 0 Å². The van der Waals surface area contributed by atoms with E-state index in [9.17, 15) is 0 Å². The predicted molar refractivity (Wildman–Crippen MR) is 66.1 cm³/mol. The van der Waals surface area contributed by atoms with Crippen LogP contribution in [0.2, 0.25) is 18.6 Å². The Hall–Kier alpha value is -0.303. The van der Waals surface area contributed by atoms with Gasteiger partial charge in [-0.05, 0) is 30.7 Å². The van der Waals surface area contributed by atoms with Gasteiger partial charge in [0.05, 0.1) is 8.07 Å². The van der Waals surface area contributed by atoms with E-state index in [2.05, 4.69) is 39.1 Å². The van der Waals surface area contributed by atoms with E-state index in [4.69, 9.17) is 0 Å². The number of hydrogen-bond acceptors (Lipinski definition) is 0. The Labute approximate surface area is 89.1 Å². The van der Waals surface area contributed by atoms with Gasteiger partial charge >= 0.3 is 0 Å². The summed E-state index contributed by atoms with van der Waals surface area (Å²) in [5, 5.41) is 1.88. The summed E-state index contributed by atoms with van der Waals surface area (Å²) in [7, 11) is -1.07. The van der Waals surface area contributed by atoms with Crippen LogP contribution in [0.4, 0.5) is 0 Å². The zero-order chi connectivity index (χ0) is 10.3. The Morgan fingerprint density at radius 3 is 2.71 bits per heavy atom. The average Bonchev–Trinajstić information content (AvgIpc) is 2.41. The third kappa shape index (κ3) is 1.33. The van der Waals surface area contributed by atoms with Gasteiger partial charge < -0.3 is 0 Å². The lowest BCUT2D eigenvalue weighted by atomic mass is 9.98. The molecule has 1 heterocycles. The fraction of sp³-hybridized carbons (Fsp3) is 0.692. The molecule has 0 N–H and O–H groups in total. The summed E-state index contributed by atoms with van der Waals surface area (Å²) in [6, 6.07) is 0. The SMILES string of the molecule is CC1C2=C(CCCC=C2)[Si](C)(C)C1C. The highest BCUT2D eigenvalue weighted by Crippen LogP contribution is 2.49. The van der Waals surface area contributed by atoms with Crippen LogP contribution in [-0.4, -0.2) is 8.07 Å². The van der Waals surface area contributed by atoms with Crippen LogP contribution in [0, 0.1) is 5.92 Å². The molecule has 0 nitrogen and oxygen atoms in total. The van der Waals surface area contributed by atoms with Gasteiger partial charge in [0.25, 0.3) is 0 Å². The van der Waals surface area contributed by atoms with Crippen molar-refractivity contribution in [1.29, 1.82) is 0 Å². The van der Waals surface area contributed by atoms with Crippen LogP contribution in [0.5, 0.6) is 0 Å². The first-order chi connectivity index (χ1) is 6.55. The van der Waals surface area contributed by atoms with Crippen LogP contribution < -0.4 is 0 Å². The molecule has 0 bridgehead atoms. The minimum atomic E-state index is -1.07. The van der Waals surface area contributed by atoms with Crippen molar-refractivity contribution in [1.82, 2.24) is 0 Å². The molecule has 0 aromatic rings. The second-order valence-corrected chi connectivity index (χ2v) is 10.5. The Morgan fingerprint density at radius 2 is 2.00 bits per heavy atom. The molecule has 0 fully saturated rings. The molecule has 0 saturated heterocycles. The summed E-state index contributed by atoms with van der Waals surface area (Å²) in [5.74, 6) is 0.820. The van der Waals surface area contributed by atoms with Crippen LogP contribution in [0.15, 0.2) is 22.9 Å². The third-order valence-corrected chi connectivity index (χ3v) is 9.47. The minimum absolute atomic E-state index is 0.820. The topological polar surface area (TPSA) is 0 Å². The lowest BCUT2D eigenvalue weighted by Gasteiger charge is -2.27. The van der Waals surface area contributed by atoms with Crippen molar-refractivity contribution in [2.75, 3.05) is 0 Å². The van der Waals surface area contributed by atoms with Gasteiger partial charge in [0.1, 0.15) is 0 Å². The molecule has 1 aliphatic heterocycles. The summed E-state index contributed by atoms with van der Waals surface area (Å²) in [6.45, 7) is 10.0. The molecule has 0 aromatic carbocycles. The zero-order valence-electron chi connectivity index (χ0n) is 9.93. The van der Waals surface area contributed by atoms with E-state index in [0.717, 1.165) is 11.5 Å². The molecule has 0 radical (unpaired) electrons. The molecule has 2 unspecified atom stereocenters. The Bertz CT molecular complexity index is 296.